The van der Waals surface area contributed by atoms with Crippen molar-refractivity contribution in [2.75, 3.05) is 19.6 Å². The van der Waals surface area contributed by atoms with E-state index in [1.54, 1.807) is 0 Å². The highest BCUT2D eigenvalue weighted by Crippen LogP contribution is 2.40. The molecular weight excluding hydrogens is 292 g/mol. The lowest BCUT2D eigenvalue weighted by Gasteiger charge is -2.32. The van der Waals surface area contributed by atoms with E-state index in [9.17, 15) is 0 Å². The lowest BCUT2D eigenvalue weighted by Crippen LogP contribution is -2.37. The second-order valence-electron chi connectivity index (χ2n) is 7.47. The second kappa shape index (κ2) is 7.50. The molecule has 2 nitrogen and oxygen atoms in total. The third-order valence-electron chi connectivity index (χ3n) is 5.64. The van der Waals surface area contributed by atoms with Crippen molar-refractivity contribution in [1.82, 2.24) is 10.2 Å². The van der Waals surface area contributed by atoms with E-state index in [0.29, 0.717) is 0 Å². The molecule has 1 aliphatic carbocycles. The van der Waals surface area contributed by atoms with Crippen molar-refractivity contribution in [2.24, 2.45) is 5.92 Å². The number of piperidine rings is 1. The minimum absolute atomic E-state index is 0.717. The quantitative estimate of drug-likeness (QED) is 0.864. The molecule has 1 aliphatic heterocycles. The van der Waals surface area contributed by atoms with Gasteiger partial charge in [0.25, 0.3) is 0 Å². The molecule has 1 N–H and O–H groups in total. The minimum atomic E-state index is 0.717. The first-order valence-electron chi connectivity index (χ1n) is 9.43. The van der Waals surface area contributed by atoms with Gasteiger partial charge in [0.15, 0.2) is 0 Å². The molecule has 2 heteroatoms. The van der Waals surface area contributed by atoms with E-state index in [2.05, 4.69) is 70.9 Å². The number of rotatable bonds is 6. The van der Waals surface area contributed by atoms with Crippen LogP contribution in [-0.2, 0) is 6.54 Å². The van der Waals surface area contributed by atoms with Crippen LogP contribution in [0.3, 0.4) is 0 Å². The predicted molar refractivity (Wildman–Crippen MR) is 100 cm³/mol. The number of benzene rings is 2. The van der Waals surface area contributed by atoms with Gasteiger partial charge in [0, 0.05) is 18.5 Å². The zero-order valence-corrected chi connectivity index (χ0v) is 14.4. The fraction of sp³-hybridized carbons (Fsp3) is 0.455. The van der Waals surface area contributed by atoms with E-state index < -0.39 is 0 Å². The summed E-state index contributed by atoms with van der Waals surface area (Å²) < 4.78 is 0. The van der Waals surface area contributed by atoms with Gasteiger partial charge in [-0.1, -0.05) is 60.7 Å². The number of hydrogen-bond acceptors (Lipinski definition) is 2. The first-order chi connectivity index (χ1) is 11.9. The lowest BCUT2D eigenvalue weighted by molar-refractivity contribution is 0.175. The van der Waals surface area contributed by atoms with Crippen LogP contribution in [0.5, 0.6) is 0 Å². The van der Waals surface area contributed by atoms with Crippen LogP contribution < -0.4 is 5.32 Å². The van der Waals surface area contributed by atoms with E-state index in [-0.39, 0.29) is 0 Å². The van der Waals surface area contributed by atoms with Crippen LogP contribution in [0, 0.1) is 5.92 Å². The summed E-state index contributed by atoms with van der Waals surface area (Å²) in [6, 6.07) is 22.6. The SMILES string of the molecule is c1ccc(CN2CCC(CN[C@H]3C[C@@H]3c3ccccc3)CC2)cc1. The molecule has 24 heavy (non-hydrogen) atoms. The fourth-order valence-electron chi connectivity index (χ4n) is 4.00. The molecule has 2 aromatic carbocycles. The summed E-state index contributed by atoms with van der Waals surface area (Å²) in [4.78, 5) is 2.61. The zero-order chi connectivity index (χ0) is 16.2. The largest absolute Gasteiger partial charge is 0.313 e. The molecule has 1 saturated heterocycles. The highest BCUT2D eigenvalue weighted by molar-refractivity contribution is 5.27. The Labute approximate surface area is 145 Å². The van der Waals surface area contributed by atoms with E-state index in [4.69, 9.17) is 0 Å². The van der Waals surface area contributed by atoms with Crippen LogP contribution in [0.4, 0.5) is 0 Å². The van der Waals surface area contributed by atoms with E-state index in [1.807, 2.05) is 0 Å². The van der Waals surface area contributed by atoms with Crippen molar-refractivity contribution < 1.29 is 0 Å². The van der Waals surface area contributed by atoms with E-state index >= 15 is 0 Å². The average Bonchev–Trinajstić information content (AvgIpc) is 3.43. The first kappa shape index (κ1) is 15.9. The van der Waals surface area contributed by atoms with Crippen molar-refractivity contribution in [3.63, 3.8) is 0 Å². The monoisotopic (exact) mass is 320 g/mol. The summed E-state index contributed by atoms with van der Waals surface area (Å²) in [6.07, 6.45) is 3.99. The number of nitrogens with zero attached hydrogens (tertiary/aromatic N) is 1. The fourth-order valence-corrected chi connectivity index (χ4v) is 4.00. The number of nitrogens with one attached hydrogen (secondary N) is 1. The van der Waals surface area contributed by atoms with Gasteiger partial charge in [-0.15, -0.1) is 0 Å². The molecule has 0 radical (unpaired) electrons. The Bertz CT molecular complexity index is 617. The van der Waals surface area contributed by atoms with Crippen LogP contribution in [0.25, 0.3) is 0 Å². The van der Waals surface area contributed by atoms with Crippen LogP contribution in [0.1, 0.15) is 36.3 Å². The highest BCUT2D eigenvalue weighted by Gasteiger charge is 2.38. The van der Waals surface area contributed by atoms with Gasteiger partial charge in [-0.25, -0.2) is 0 Å². The van der Waals surface area contributed by atoms with Gasteiger partial charge in [0.2, 0.25) is 0 Å². The zero-order valence-electron chi connectivity index (χ0n) is 14.4. The Balaban J connectivity index is 1.17. The Hall–Kier alpha value is -1.64. The molecule has 0 bridgehead atoms. The third kappa shape index (κ3) is 4.06. The first-order valence-corrected chi connectivity index (χ1v) is 9.43. The second-order valence-corrected chi connectivity index (χ2v) is 7.47. The maximum atomic E-state index is 3.82. The topological polar surface area (TPSA) is 15.3 Å². The Morgan fingerprint density at radius 2 is 1.54 bits per heavy atom. The molecule has 126 valence electrons. The molecule has 2 fully saturated rings. The van der Waals surface area contributed by atoms with Crippen molar-refractivity contribution in [1.29, 1.82) is 0 Å². The number of likely N-dealkylation sites (tertiary alicyclic amines) is 1. The Morgan fingerprint density at radius 3 is 2.25 bits per heavy atom. The van der Waals surface area contributed by atoms with Gasteiger partial charge in [0.1, 0.15) is 0 Å². The molecule has 1 heterocycles. The maximum Gasteiger partial charge on any atom is 0.0233 e. The molecule has 2 aliphatic rings. The third-order valence-corrected chi connectivity index (χ3v) is 5.64. The standard InChI is InChI=1S/C22H28N2/c1-3-7-19(8-4-1)17-24-13-11-18(12-14-24)16-23-22-15-21(22)20-9-5-2-6-10-20/h1-10,18,21-23H,11-17H2/t21-,22+/m1/s1. The predicted octanol–water partition coefficient (Wildman–Crippen LogP) is 4.04. The van der Waals surface area contributed by atoms with E-state index in [0.717, 1.165) is 24.4 Å². The molecule has 0 amide bonds. The van der Waals surface area contributed by atoms with E-state index in [1.165, 1.54) is 50.0 Å². The lowest BCUT2D eigenvalue weighted by atomic mass is 9.96. The van der Waals surface area contributed by atoms with Crippen molar-refractivity contribution >= 4 is 0 Å². The van der Waals surface area contributed by atoms with Crippen molar-refractivity contribution in [3.05, 3.63) is 71.8 Å². The molecule has 0 spiro atoms. The summed E-state index contributed by atoms with van der Waals surface area (Å²) in [7, 11) is 0. The number of hydrogen-bond donors (Lipinski definition) is 1. The summed E-state index contributed by atoms with van der Waals surface area (Å²) in [5, 5.41) is 3.82. The smallest absolute Gasteiger partial charge is 0.0233 e. The van der Waals surface area contributed by atoms with Gasteiger partial charge in [0.05, 0.1) is 0 Å². The van der Waals surface area contributed by atoms with Gasteiger partial charge in [-0.05, 0) is 55.9 Å². The summed E-state index contributed by atoms with van der Waals surface area (Å²) in [5.74, 6) is 1.61. The van der Waals surface area contributed by atoms with Gasteiger partial charge >= 0.3 is 0 Å². The summed E-state index contributed by atoms with van der Waals surface area (Å²) in [5.41, 5.74) is 2.95. The molecule has 2 atom stereocenters. The maximum absolute atomic E-state index is 3.82. The normalized spacial score (nSPS) is 24.8. The Morgan fingerprint density at radius 1 is 0.875 bits per heavy atom. The Kier molecular flexibility index (Phi) is 4.96. The molecule has 1 saturated carbocycles. The highest BCUT2D eigenvalue weighted by atomic mass is 15.1. The summed E-state index contributed by atoms with van der Waals surface area (Å²) >= 11 is 0. The van der Waals surface area contributed by atoms with Crippen LogP contribution in [-0.4, -0.2) is 30.6 Å². The van der Waals surface area contributed by atoms with Crippen molar-refractivity contribution in [2.45, 2.75) is 37.8 Å². The van der Waals surface area contributed by atoms with Gasteiger partial charge in [-0.3, -0.25) is 4.90 Å². The molecule has 2 aromatic rings. The molecule has 0 unspecified atom stereocenters. The van der Waals surface area contributed by atoms with Gasteiger partial charge < -0.3 is 5.32 Å². The van der Waals surface area contributed by atoms with Crippen LogP contribution in [0.15, 0.2) is 60.7 Å². The minimum Gasteiger partial charge on any atom is -0.313 e. The molecular formula is C22H28N2. The molecule has 0 aromatic heterocycles. The van der Waals surface area contributed by atoms with Gasteiger partial charge in [-0.2, -0.15) is 0 Å². The summed E-state index contributed by atoms with van der Waals surface area (Å²) in [6.45, 7) is 4.80. The van der Waals surface area contributed by atoms with Crippen LogP contribution in [0.2, 0.25) is 0 Å². The average molecular weight is 320 g/mol. The molecule has 4 rings (SSSR count). The van der Waals surface area contributed by atoms with Crippen LogP contribution >= 0.6 is 0 Å². The van der Waals surface area contributed by atoms with Crippen molar-refractivity contribution in [3.8, 4) is 0 Å².